The van der Waals surface area contributed by atoms with Crippen LogP contribution in [0, 0.1) is 10.8 Å². The van der Waals surface area contributed by atoms with Gasteiger partial charge in [-0.25, -0.2) is 0 Å². The molecule has 5 aliphatic rings. The van der Waals surface area contributed by atoms with Gasteiger partial charge in [0.2, 0.25) is 0 Å². The van der Waals surface area contributed by atoms with Crippen molar-refractivity contribution in [3.05, 3.63) is 29.8 Å². The first-order valence-corrected chi connectivity index (χ1v) is 6.10. The highest BCUT2D eigenvalue weighted by Crippen LogP contribution is 2.75. The Labute approximate surface area is 99.4 Å². The van der Waals surface area contributed by atoms with Crippen LogP contribution in [0.25, 0.3) is 0 Å². The van der Waals surface area contributed by atoms with Crippen LogP contribution in [-0.2, 0) is 9.53 Å². The molecular weight excluding hydrogens is 216 g/mol. The van der Waals surface area contributed by atoms with E-state index in [2.05, 4.69) is 0 Å². The number of aromatic hydroxyl groups is 1. The number of carbonyl (C=O) groups is 1. The molecule has 3 aliphatic carbocycles. The maximum atomic E-state index is 12.0. The van der Waals surface area contributed by atoms with E-state index >= 15 is 0 Å². The summed E-state index contributed by atoms with van der Waals surface area (Å²) < 4.78 is 5.30. The summed E-state index contributed by atoms with van der Waals surface area (Å²) in [6.45, 7) is 0.613. The lowest BCUT2D eigenvalue weighted by Gasteiger charge is -2.50. The SMILES string of the molecule is O=C1OCC23CC(c4ccc(O)cc4)C1(C2)C3. The molecule has 2 heterocycles. The molecule has 2 saturated heterocycles. The van der Waals surface area contributed by atoms with Crippen LogP contribution in [0.4, 0.5) is 0 Å². The molecule has 88 valence electrons. The molecule has 6 rings (SSSR count). The van der Waals surface area contributed by atoms with Crippen LogP contribution >= 0.6 is 0 Å². The van der Waals surface area contributed by atoms with Gasteiger partial charge in [-0.05, 0) is 37.0 Å². The Morgan fingerprint density at radius 3 is 2.65 bits per heavy atom. The molecule has 2 aliphatic heterocycles. The van der Waals surface area contributed by atoms with E-state index < -0.39 is 0 Å². The van der Waals surface area contributed by atoms with Crippen molar-refractivity contribution >= 4 is 5.97 Å². The maximum Gasteiger partial charge on any atom is 0.312 e. The summed E-state index contributed by atoms with van der Waals surface area (Å²) in [5, 5.41) is 9.32. The lowest BCUT2D eigenvalue weighted by atomic mass is 9.57. The minimum Gasteiger partial charge on any atom is -0.508 e. The van der Waals surface area contributed by atoms with Crippen molar-refractivity contribution in [1.82, 2.24) is 0 Å². The Hall–Kier alpha value is -1.51. The average Bonchev–Trinajstić information content (AvgIpc) is 2.73. The molecule has 1 aromatic carbocycles. The highest BCUT2D eigenvalue weighted by Gasteiger charge is 2.73. The quantitative estimate of drug-likeness (QED) is 0.752. The molecular formula is C14H14O3. The third kappa shape index (κ3) is 1.00. The third-order valence-electron chi connectivity index (χ3n) is 4.90. The molecule has 1 N–H and O–H groups in total. The summed E-state index contributed by atoms with van der Waals surface area (Å²) in [6, 6.07) is 7.28. The number of hydrogen-bond acceptors (Lipinski definition) is 3. The van der Waals surface area contributed by atoms with Crippen molar-refractivity contribution in [2.24, 2.45) is 10.8 Å². The zero-order valence-corrected chi connectivity index (χ0v) is 9.48. The van der Waals surface area contributed by atoms with Crippen molar-refractivity contribution in [3.63, 3.8) is 0 Å². The molecule has 5 fully saturated rings. The minimum absolute atomic E-state index is 0.00468. The highest BCUT2D eigenvalue weighted by atomic mass is 16.5. The fourth-order valence-corrected chi connectivity index (χ4v) is 4.26. The molecule has 1 unspecified atom stereocenters. The van der Waals surface area contributed by atoms with Gasteiger partial charge in [0.1, 0.15) is 5.75 Å². The van der Waals surface area contributed by atoms with E-state index in [4.69, 9.17) is 4.74 Å². The molecule has 0 aromatic heterocycles. The topological polar surface area (TPSA) is 46.5 Å². The van der Waals surface area contributed by atoms with E-state index in [0.29, 0.717) is 6.61 Å². The number of hydrogen-bond donors (Lipinski definition) is 1. The lowest BCUT2D eigenvalue weighted by molar-refractivity contribution is -0.189. The van der Waals surface area contributed by atoms with Gasteiger partial charge in [-0.15, -0.1) is 0 Å². The molecule has 1 aromatic rings. The Bertz CT molecular complexity index is 497. The first kappa shape index (κ1) is 9.51. The second kappa shape index (κ2) is 2.66. The number of ether oxygens (including phenoxy) is 1. The Morgan fingerprint density at radius 2 is 1.94 bits per heavy atom. The first-order chi connectivity index (χ1) is 8.14. The van der Waals surface area contributed by atoms with Crippen LogP contribution in [0.15, 0.2) is 24.3 Å². The maximum absolute atomic E-state index is 12.0. The summed E-state index contributed by atoms with van der Waals surface area (Å²) in [5.41, 5.74) is 1.20. The van der Waals surface area contributed by atoms with Gasteiger partial charge in [-0.1, -0.05) is 12.1 Å². The van der Waals surface area contributed by atoms with Crippen molar-refractivity contribution in [2.45, 2.75) is 25.2 Å². The predicted molar refractivity (Wildman–Crippen MR) is 60.5 cm³/mol. The normalized spacial score (nSPS) is 41.9. The van der Waals surface area contributed by atoms with Gasteiger partial charge in [-0.3, -0.25) is 4.79 Å². The molecule has 3 nitrogen and oxygen atoms in total. The molecule has 3 heteroatoms. The molecule has 1 atom stereocenters. The van der Waals surface area contributed by atoms with Crippen LogP contribution in [0.5, 0.6) is 5.75 Å². The average molecular weight is 230 g/mol. The van der Waals surface area contributed by atoms with Gasteiger partial charge in [0.05, 0.1) is 12.0 Å². The Morgan fingerprint density at radius 1 is 1.24 bits per heavy atom. The number of rotatable bonds is 1. The molecule has 17 heavy (non-hydrogen) atoms. The van der Waals surface area contributed by atoms with Gasteiger partial charge < -0.3 is 9.84 Å². The van der Waals surface area contributed by atoms with E-state index in [1.54, 1.807) is 12.1 Å². The Kier molecular flexibility index (Phi) is 1.49. The van der Waals surface area contributed by atoms with Crippen molar-refractivity contribution in [1.29, 1.82) is 0 Å². The van der Waals surface area contributed by atoms with Crippen molar-refractivity contribution in [3.8, 4) is 5.75 Å². The number of benzene rings is 1. The molecule has 3 saturated carbocycles. The largest absolute Gasteiger partial charge is 0.508 e. The van der Waals surface area contributed by atoms with Crippen LogP contribution in [0.2, 0.25) is 0 Å². The van der Waals surface area contributed by atoms with E-state index in [-0.39, 0.29) is 28.5 Å². The number of esters is 1. The van der Waals surface area contributed by atoms with Crippen molar-refractivity contribution < 1.29 is 14.6 Å². The van der Waals surface area contributed by atoms with Crippen LogP contribution < -0.4 is 0 Å². The molecule has 0 amide bonds. The van der Waals surface area contributed by atoms with Crippen LogP contribution in [0.1, 0.15) is 30.7 Å². The first-order valence-electron chi connectivity index (χ1n) is 6.10. The van der Waals surface area contributed by atoms with E-state index in [9.17, 15) is 9.90 Å². The monoisotopic (exact) mass is 230 g/mol. The third-order valence-corrected chi connectivity index (χ3v) is 4.90. The van der Waals surface area contributed by atoms with Gasteiger partial charge in [0.15, 0.2) is 0 Å². The van der Waals surface area contributed by atoms with Gasteiger partial charge in [-0.2, -0.15) is 0 Å². The van der Waals surface area contributed by atoms with E-state index in [1.165, 1.54) is 5.56 Å². The summed E-state index contributed by atoms with van der Waals surface area (Å²) in [5.74, 6) is 0.563. The van der Waals surface area contributed by atoms with Crippen LogP contribution in [0.3, 0.4) is 0 Å². The highest BCUT2D eigenvalue weighted by molar-refractivity contribution is 5.83. The van der Waals surface area contributed by atoms with Gasteiger partial charge >= 0.3 is 5.97 Å². The standard InChI is InChI=1S/C14H14O3/c15-10-3-1-9(2-4-10)11-5-13-6-14(11,7-13)12(16)17-8-13/h1-4,11,15H,5-8H2. The fourth-order valence-electron chi connectivity index (χ4n) is 4.26. The predicted octanol–water partition coefficient (Wildman–Crippen LogP) is 2.20. The van der Waals surface area contributed by atoms with E-state index in [1.807, 2.05) is 12.1 Å². The molecule has 0 spiro atoms. The summed E-state index contributed by atoms with van der Waals surface area (Å²) in [7, 11) is 0. The number of carbonyl (C=O) groups excluding carboxylic acids is 1. The van der Waals surface area contributed by atoms with E-state index in [0.717, 1.165) is 19.3 Å². The van der Waals surface area contributed by atoms with Gasteiger partial charge in [0.25, 0.3) is 0 Å². The smallest absolute Gasteiger partial charge is 0.312 e. The Balaban J connectivity index is 1.77. The minimum atomic E-state index is -0.241. The molecule has 2 bridgehead atoms. The van der Waals surface area contributed by atoms with Crippen LogP contribution in [-0.4, -0.2) is 17.7 Å². The zero-order chi connectivity index (χ0) is 11.7. The molecule has 0 radical (unpaired) electrons. The fraction of sp³-hybridized carbons (Fsp3) is 0.500. The second-order valence-corrected chi connectivity index (χ2v) is 5.93. The summed E-state index contributed by atoms with van der Waals surface area (Å²) in [6.07, 6.45) is 3.07. The number of phenols is 1. The lowest BCUT2D eigenvalue weighted by Crippen LogP contribution is -2.53. The number of phenolic OH excluding ortho intramolecular Hbond substituents is 1. The second-order valence-electron chi connectivity index (χ2n) is 5.93. The summed E-state index contributed by atoms with van der Waals surface area (Å²) in [4.78, 5) is 12.0. The summed E-state index contributed by atoms with van der Waals surface area (Å²) >= 11 is 0. The zero-order valence-electron chi connectivity index (χ0n) is 9.48. The van der Waals surface area contributed by atoms with Gasteiger partial charge in [0, 0.05) is 11.3 Å². The number of fused-ring (bicyclic) bond motifs is 3. The van der Waals surface area contributed by atoms with Crippen molar-refractivity contribution in [2.75, 3.05) is 6.61 Å².